The summed E-state index contributed by atoms with van der Waals surface area (Å²) in [5.41, 5.74) is 3.60. The van der Waals surface area contributed by atoms with E-state index in [0.717, 1.165) is 17.2 Å². The van der Waals surface area contributed by atoms with Crippen molar-refractivity contribution in [3.05, 3.63) is 11.4 Å². The number of nitrogens with one attached hydrogen (secondary N) is 2. The largest absolute Gasteiger partial charge is 0.367 e. The molecule has 0 unspecified atom stereocenters. The molecule has 0 bridgehead atoms. The number of rotatable bonds is 3. The van der Waals surface area contributed by atoms with Crippen molar-refractivity contribution in [1.82, 2.24) is 9.97 Å². The van der Waals surface area contributed by atoms with Crippen LogP contribution in [0.2, 0.25) is 0 Å². The van der Waals surface area contributed by atoms with Crippen molar-refractivity contribution in [2.45, 2.75) is 45.6 Å². The van der Waals surface area contributed by atoms with Crippen molar-refractivity contribution in [3.8, 4) is 0 Å². The van der Waals surface area contributed by atoms with E-state index in [4.69, 9.17) is 5.84 Å². The van der Waals surface area contributed by atoms with Gasteiger partial charge in [0, 0.05) is 11.6 Å². The Morgan fingerprint density at radius 1 is 1.12 bits per heavy atom. The lowest BCUT2D eigenvalue weighted by molar-refractivity contribution is 0.747. The number of aryl methyl sites for hydroxylation is 1. The summed E-state index contributed by atoms with van der Waals surface area (Å²) < 4.78 is 0. The number of anilines is 2. The number of aromatic nitrogens is 2. The first-order valence-corrected chi connectivity index (χ1v) is 5.79. The first kappa shape index (κ1) is 11.1. The monoisotopic (exact) mass is 221 g/mol. The Hall–Kier alpha value is -1.36. The number of nitrogens with zero attached hydrogens (tertiary/aromatic N) is 2. The summed E-state index contributed by atoms with van der Waals surface area (Å²) in [4.78, 5) is 8.67. The Labute approximate surface area is 95.8 Å². The van der Waals surface area contributed by atoms with E-state index in [1.807, 2.05) is 13.8 Å². The van der Waals surface area contributed by atoms with Crippen LogP contribution < -0.4 is 16.6 Å². The molecule has 0 aromatic carbocycles. The molecule has 5 heteroatoms. The number of hydrazine groups is 1. The van der Waals surface area contributed by atoms with Crippen molar-refractivity contribution in [1.29, 1.82) is 0 Å². The third kappa shape index (κ3) is 2.24. The van der Waals surface area contributed by atoms with Crippen LogP contribution in [0.3, 0.4) is 0 Å². The van der Waals surface area contributed by atoms with Gasteiger partial charge >= 0.3 is 0 Å². The SMILES string of the molecule is Cc1nc(NN)c(C)c(NC2CCCC2)n1. The van der Waals surface area contributed by atoms with E-state index in [1.165, 1.54) is 25.7 Å². The van der Waals surface area contributed by atoms with E-state index in [-0.39, 0.29) is 0 Å². The van der Waals surface area contributed by atoms with Gasteiger partial charge in [-0.25, -0.2) is 15.8 Å². The highest BCUT2D eigenvalue weighted by atomic mass is 15.3. The fraction of sp³-hybridized carbons (Fsp3) is 0.636. The highest BCUT2D eigenvalue weighted by molar-refractivity contribution is 5.57. The lowest BCUT2D eigenvalue weighted by Crippen LogP contribution is -2.19. The van der Waals surface area contributed by atoms with Gasteiger partial charge in [-0.2, -0.15) is 0 Å². The summed E-state index contributed by atoms with van der Waals surface area (Å²) in [5, 5.41) is 3.48. The first-order valence-electron chi connectivity index (χ1n) is 5.79. The van der Waals surface area contributed by atoms with Crippen LogP contribution in [0.15, 0.2) is 0 Å². The van der Waals surface area contributed by atoms with Gasteiger partial charge in [-0.05, 0) is 26.7 Å². The van der Waals surface area contributed by atoms with Crippen LogP contribution in [0.5, 0.6) is 0 Å². The van der Waals surface area contributed by atoms with Gasteiger partial charge in [0.05, 0.1) is 0 Å². The second-order valence-corrected chi connectivity index (χ2v) is 4.36. The van der Waals surface area contributed by atoms with Crippen molar-refractivity contribution in [3.63, 3.8) is 0 Å². The smallest absolute Gasteiger partial charge is 0.148 e. The van der Waals surface area contributed by atoms with E-state index in [1.54, 1.807) is 0 Å². The molecular weight excluding hydrogens is 202 g/mol. The van der Waals surface area contributed by atoms with E-state index >= 15 is 0 Å². The third-order valence-electron chi connectivity index (χ3n) is 3.09. The van der Waals surface area contributed by atoms with Gasteiger partial charge in [-0.15, -0.1) is 0 Å². The van der Waals surface area contributed by atoms with Crippen LogP contribution in [0, 0.1) is 13.8 Å². The summed E-state index contributed by atoms with van der Waals surface area (Å²) in [6.45, 7) is 3.85. The molecule has 1 saturated carbocycles. The Bertz CT molecular complexity index is 371. The highest BCUT2D eigenvalue weighted by Crippen LogP contribution is 2.25. The van der Waals surface area contributed by atoms with Crippen LogP contribution in [0.25, 0.3) is 0 Å². The molecule has 1 aliphatic carbocycles. The van der Waals surface area contributed by atoms with E-state index in [9.17, 15) is 0 Å². The third-order valence-corrected chi connectivity index (χ3v) is 3.09. The van der Waals surface area contributed by atoms with Crippen LogP contribution in [-0.4, -0.2) is 16.0 Å². The molecule has 16 heavy (non-hydrogen) atoms. The fourth-order valence-electron chi connectivity index (χ4n) is 2.17. The maximum Gasteiger partial charge on any atom is 0.148 e. The molecule has 1 aliphatic rings. The van der Waals surface area contributed by atoms with Gasteiger partial charge < -0.3 is 10.7 Å². The Kier molecular flexibility index (Phi) is 3.24. The predicted octanol–water partition coefficient (Wildman–Crippen LogP) is 1.73. The summed E-state index contributed by atoms with van der Waals surface area (Å²) in [7, 11) is 0. The van der Waals surface area contributed by atoms with Crippen molar-refractivity contribution < 1.29 is 0 Å². The molecule has 0 amide bonds. The molecule has 1 fully saturated rings. The zero-order valence-electron chi connectivity index (χ0n) is 9.88. The molecule has 1 aromatic rings. The topological polar surface area (TPSA) is 75.9 Å². The summed E-state index contributed by atoms with van der Waals surface area (Å²) in [5.74, 6) is 7.78. The highest BCUT2D eigenvalue weighted by Gasteiger charge is 2.17. The number of nitrogens with two attached hydrogens (primary N) is 1. The van der Waals surface area contributed by atoms with Crippen molar-refractivity contribution in [2.24, 2.45) is 5.84 Å². The van der Waals surface area contributed by atoms with Crippen LogP contribution in [-0.2, 0) is 0 Å². The number of hydrogen-bond acceptors (Lipinski definition) is 5. The van der Waals surface area contributed by atoms with Crippen LogP contribution in [0.4, 0.5) is 11.6 Å². The predicted molar refractivity (Wildman–Crippen MR) is 65.2 cm³/mol. The average Bonchev–Trinajstić information content (AvgIpc) is 2.75. The molecule has 1 aromatic heterocycles. The Morgan fingerprint density at radius 3 is 2.38 bits per heavy atom. The van der Waals surface area contributed by atoms with Gasteiger partial charge in [-0.1, -0.05) is 12.8 Å². The van der Waals surface area contributed by atoms with Gasteiger partial charge in [-0.3, -0.25) is 0 Å². The molecular formula is C11H19N5. The number of nitrogen functional groups attached to an aromatic ring is 1. The summed E-state index contributed by atoms with van der Waals surface area (Å²) in [6.07, 6.45) is 5.08. The van der Waals surface area contributed by atoms with E-state index < -0.39 is 0 Å². The van der Waals surface area contributed by atoms with Gasteiger partial charge in [0.25, 0.3) is 0 Å². The van der Waals surface area contributed by atoms with Gasteiger partial charge in [0.1, 0.15) is 17.5 Å². The lowest BCUT2D eigenvalue weighted by atomic mass is 10.2. The molecule has 2 rings (SSSR count). The minimum absolute atomic E-state index is 0.554. The van der Waals surface area contributed by atoms with Crippen LogP contribution >= 0.6 is 0 Å². The van der Waals surface area contributed by atoms with Crippen LogP contribution in [0.1, 0.15) is 37.1 Å². The zero-order chi connectivity index (χ0) is 11.5. The minimum Gasteiger partial charge on any atom is -0.367 e. The molecule has 4 N–H and O–H groups in total. The molecule has 0 spiro atoms. The maximum absolute atomic E-state index is 5.43. The van der Waals surface area contributed by atoms with E-state index in [2.05, 4.69) is 20.7 Å². The molecule has 0 atom stereocenters. The molecule has 1 heterocycles. The minimum atomic E-state index is 0.554. The Morgan fingerprint density at radius 2 is 1.75 bits per heavy atom. The first-order chi connectivity index (χ1) is 7.70. The second kappa shape index (κ2) is 4.65. The normalized spacial score (nSPS) is 16.4. The van der Waals surface area contributed by atoms with Crippen molar-refractivity contribution >= 4 is 11.6 Å². The van der Waals surface area contributed by atoms with Gasteiger partial charge in [0.15, 0.2) is 0 Å². The van der Waals surface area contributed by atoms with Crippen molar-refractivity contribution in [2.75, 3.05) is 10.7 Å². The summed E-state index contributed by atoms with van der Waals surface area (Å²) in [6, 6.07) is 0.554. The fourth-order valence-corrected chi connectivity index (χ4v) is 2.17. The lowest BCUT2D eigenvalue weighted by Gasteiger charge is -2.16. The molecule has 0 radical (unpaired) electrons. The molecule has 0 saturated heterocycles. The summed E-state index contributed by atoms with van der Waals surface area (Å²) >= 11 is 0. The number of hydrogen-bond donors (Lipinski definition) is 3. The molecule has 88 valence electrons. The molecule has 0 aliphatic heterocycles. The van der Waals surface area contributed by atoms with E-state index in [0.29, 0.717) is 11.9 Å². The Balaban J connectivity index is 2.21. The van der Waals surface area contributed by atoms with Gasteiger partial charge in [0.2, 0.25) is 0 Å². The molecule has 5 nitrogen and oxygen atoms in total. The second-order valence-electron chi connectivity index (χ2n) is 4.36. The average molecular weight is 221 g/mol. The quantitative estimate of drug-likeness (QED) is 0.535. The standard InChI is InChI=1S/C11H19N5/c1-7-10(15-9-5-3-4-6-9)13-8(2)14-11(7)16-12/h9H,3-6,12H2,1-2H3,(H2,13,14,15,16). The maximum atomic E-state index is 5.43. The zero-order valence-corrected chi connectivity index (χ0v) is 9.88.